The Morgan fingerprint density at radius 3 is 2.87 bits per heavy atom. The molecule has 0 saturated carbocycles. The smallest absolute Gasteiger partial charge is 0.306 e. The molecule has 0 radical (unpaired) electrons. The summed E-state index contributed by atoms with van der Waals surface area (Å²) < 4.78 is 5.59. The highest BCUT2D eigenvalue weighted by molar-refractivity contribution is 9.10. The van der Waals surface area contributed by atoms with E-state index in [1.807, 2.05) is 6.07 Å². The zero-order chi connectivity index (χ0) is 16.8. The molecule has 1 heterocycles. The molecule has 0 spiro atoms. The molecule has 0 aliphatic rings. The van der Waals surface area contributed by atoms with E-state index in [1.54, 1.807) is 37.3 Å². The number of aliphatic hydroxyl groups is 1. The first-order valence-electron chi connectivity index (χ1n) is 7.25. The highest BCUT2D eigenvalue weighted by Gasteiger charge is 2.17. The monoisotopic (exact) mass is 397 g/mol. The van der Waals surface area contributed by atoms with Gasteiger partial charge in [0, 0.05) is 11.4 Å². The zero-order valence-electron chi connectivity index (χ0n) is 12.6. The van der Waals surface area contributed by atoms with Crippen LogP contribution in [0.25, 0.3) is 0 Å². The summed E-state index contributed by atoms with van der Waals surface area (Å²) in [4.78, 5) is 15.8. The predicted octanol–water partition coefficient (Wildman–Crippen LogP) is 4.07. The maximum Gasteiger partial charge on any atom is 0.306 e. The number of nitrogens with zero attached hydrogens (tertiary/aromatic N) is 1. The number of rotatable bonds is 6. The number of pyridine rings is 1. The van der Waals surface area contributed by atoms with E-state index >= 15 is 0 Å². The Hall–Kier alpha value is -1.43. The van der Waals surface area contributed by atoms with Gasteiger partial charge in [0.15, 0.2) is 0 Å². The highest BCUT2D eigenvalue weighted by atomic mass is 79.9. The summed E-state index contributed by atoms with van der Waals surface area (Å²) in [7, 11) is 0. The van der Waals surface area contributed by atoms with Crippen LogP contribution in [0.5, 0.6) is 0 Å². The molecule has 0 bridgehead atoms. The van der Waals surface area contributed by atoms with Gasteiger partial charge in [0.25, 0.3) is 0 Å². The van der Waals surface area contributed by atoms with Gasteiger partial charge in [-0.2, -0.15) is 0 Å². The molecule has 2 aromatic rings. The van der Waals surface area contributed by atoms with Crippen LogP contribution in [0.1, 0.15) is 36.3 Å². The number of benzene rings is 1. The van der Waals surface area contributed by atoms with E-state index in [0.717, 1.165) is 5.56 Å². The first-order valence-corrected chi connectivity index (χ1v) is 8.42. The van der Waals surface area contributed by atoms with Crippen molar-refractivity contribution in [2.24, 2.45) is 0 Å². The predicted molar refractivity (Wildman–Crippen MR) is 92.4 cm³/mol. The number of carbonyl (C=O) groups is 1. The average molecular weight is 399 g/mol. The molecule has 0 fully saturated rings. The summed E-state index contributed by atoms with van der Waals surface area (Å²) in [6, 6.07) is 10.6. The number of esters is 1. The molecule has 0 amide bonds. The molecule has 1 unspecified atom stereocenters. The van der Waals surface area contributed by atoms with Crippen molar-refractivity contribution in [2.75, 3.05) is 6.61 Å². The van der Waals surface area contributed by atoms with Crippen LogP contribution in [-0.4, -0.2) is 22.7 Å². The van der Waals surface area contributed by atoms with E-state index < -0.39 is 6.10 Å². The summed E-state index contributed by atoms with van der Waals surface area (Å²) in [6.07, 6.45) is -0.207. The van der Waals surface area contributed by atoms with E-state index in [4.69, 9.17) is 16.3 Å². The van der Waals surface area contributed by atoms with Crippen LogP contribution < -0.4 is 0 Å². The van der Waals surface area contributed by atoms with E-state index in [0.29, 0.717) is 33.9 Å². The molecule has 0 aliphatic carbocycles. The lowest BCUT2D eigenvalue weighted by atomic mass is 9.96. The minimum absolute atomic E-state index is 0.236. The highest BCUT2D eigenvalue weighted by Crippen LogP contribution is 2.28. The lowest BCUT2D eigenvalue weighted by Gasteiger charge is -2.16. The van der Waals surface area contributed by atoms with Crippen LogP contribution in [0, 0.1) is 0 Å². The Balaban J connectivity index is 2.25. The second kappa shape index (κ2) is 8.43. The van der Waals surface area contributed by atoms with Crippen molar-refractivity contribution in [1.29, 1.82) is 0 Å². The maximum atomic E-state index is 11.6. The largest absolute Gasteiger partial charge is 0.466 e. The van der Waals surface area contributed by atoms with E-state index in [2.05, 4.69) is 20.9 Å². The van der Waals surface area contributed by atoms with E-state index in [9.17, 15) is 9.90 Å². The SMILES string of the molecule is CCOC(=O)CCc1cc(Cl)ccc1C(O)c1cccc(Br)n1. The molecule has 1 N–H and O–H groups in total. The Kier molecular flexibility index (Phi) is 6.57. The first-order chi connectivity index (χ1) is 11.0. The van der Waals surface area contributed by atoms with E-state index in [-0.39, 0.29) is 12.4 Å². The molecule has 1 aromatic heterocycles. The Bertz CT molecular complexity index is 693. The van der Waals surface area contributed by atoms with Crippen molar-refractivity contribution in [3.05, 3.63) is 62.8 Å². The molecule has 4 nitrogen and oxygen atoms in total. The molecule has 122 valence electrons. The van der Waals surface area contributed by atoms with Gasteiger partial charge in [-0.15, -0.1) is 0 Å². The van der Waals surface area contributed by atoms with Crippen molar-refractivity contribution >= 4 is 33.5 Å². The molecule has 2 rings (SSSR count). The molecule has 23 heavy (non-hydrogen) atoms. The third-order valence-corrected chi connectivity index (χ3v) is 4.00. The minimum Gasteiger partial charge on any atom is -0.466 e. The molecule has 1 aromatic carbocycles. The second-order valence-electron chi connectivity index (χ2n) is 4.94. The topological polar surface area (TPSA) is 59.4 Å². The first kappa shape index (κ1) is 17.9. The summed E-state index contributed by atoms with van der Waals surface area (Å²) in [6.45, 7) is 2.12. The number of aliphatic hydroxyl groups excluding tert-OH is 1. The van der Waals surface area contributed by atoms with E-state index in [1.165, 1.54) is 0 Å². The van der Waals surface area contributed by atoms with Gasteiger partial charge >= 0.3 is 5.97 Å². The number of aryl methyl sites for hydroxylation is 1. The van der Waals surface area contributed by atoms with Crippen LogP contribution in [-0.2, 0) is 16.0 Å². The van der Waals surface area contributed by atoms with Crippen LogP contribution in [0.2, 0.25) is 5.02 Å². The van der Waals surface area contributed by atoms with Crippen molar-refractivity contribution in [2.45, 2.75) is 25.9 Å². The molecule has 0 aliphatic heterocycles. The Morgan fingerprint density at radius 2 is 2.17 bits per heavy atom. The van der Waals surface area contributed by atoms with Gasteiger partial charge in [0.2, 0.25) is 0 Å². The van der Waals surface area contributed by atoms with Crippen LogP contribution >= 0.6 is 27.5 Å². The fraction of sp³-hybridized carbons (Fsp3) is 0.294. The van der Waals surface area contributed by atoms with Crippen molar-refractivity contribution in [3.63, 3.8) is 0 Å². The van der Waals surface area contributed by atoms with Crippen LogP contribution in [0.3, 0.4) is 0 Å². The molecular formula is C17H17BrClNO3. The number of hydrogen-bond donors (Lipinski definition) is 1. The molecule has 1 atom stereocenters. The van der Waals surface area contributed by atoms with Crippen molar-refractivity contribution < 1.29 is 14.6 Å². The lowest BCUT2D eigenvalue weighted by molar-refractivity contribution is -0.143. The number of ether oxygens (including phenoxy) is 1. The number of carbonyl (C=O) groups excluding carboxylic acids is 1. The van der Waals surface area contributed by atoms with Gasteiger partial charge < -0.3 is 9.84 Å². The molecule has 0 saturated heterocycles. The van der Waals surface area contributed by atoms with Gasteiger partial charge in [-0.1, -0.05) is 23.7 Å². The Morgan fingerprint density at radius 1 is 1.39 bits per heavy atom. The molecule has 6 heteroatoms. The van der Waals surface area contributed by atoms with Gasteiger partial charge in [-0.05, 0) is 64.7 Å². The van der Waals surface area contributed by atoms with Crippen molar-refractivity contribution in [1.82, 2.24) is 4.98 Å². The third kappa shape index (κ3) is 5.03. The standard InChI is InChI=1S/C17H17BrClNO3/c1-2-23-16(21)9-6-11-10-12(19)7-8-13(11)17(22)14-4-3-5-15(18)20-14/h3-5,7-8,10,17,22H,2,6,9H2,1H3. The summed E-state index contributed by atoms with van der Waals surface area (Å²) in [5, 5.41) is 11.2. The fourth-order valence-electron chi connectivity index (χ4n) is 2.26. The van der Waals surface area contributed by atoms with Gasteiger partial charge in [-0.25, -0.2) is 4.98 Å². The lowest BCUT2D eigenvalue weighted by Crippen LogP contribution is -2.09. The van der Waals surface area contributed by atoms with Gasteiger partial charge in [-0.3, -0.25) is 4.79 Å². The number of aromatic nitrogens is 1. The maximum absolute atomic E-state index is 11.6. The van der Waals surface area contributed by atoms with Crippen molar-refractivity contribution in [3.8, 4) is 0 Å². The molecular weight excluding hydrogens is 382 g/mol. The minimum atomic E-state index is -0.887. The average Bonchev–Trinajstić information content (AvgIpc) is 2.53. The Labute approximate surface area is 148 Å². The quantitative estimate of drug-likeness (QED) is 0.588. The number of hydrogen-bond acceptors (Lipinski definition) is 4. The zero-order valence-corrected chi connectivity index (χ0v) is 15.0. The normalized spacial score (nSPS) is 12.0. The summed E-state index contributed by atoms with van der Waals surface area (Å²) >= 11 is 9.34. The fourth-order valence-corrected chi connectivity index (χ4v) is 2.82. The van der Waals surface area contributed by atoms with Gasteiger partial charge in [0.05, 0.1) is 12.3 Å². The van der Waals surface area contributed by atoms with Crippen LogP contribution in [0.15, 0.2) is 41.0 Å². The van der Waals surface area contributed by atoms with Gasteiger partial charge in [0.1, 0.15) is 10.7 Å². The van der Waals surface area contributed by atoms with Crippen LogP contribution in [0.4, 0.5) is 0 Å². The number of halogens is 2. The second-order valence-corrected chi connectivity index (χ2v) is 6.18. The summed E-state index contributed by atoms with van der Waals surface area (Å²) in [5.74, 6) is -0.270. The third-order valence-electron chi connectivity index (χ3n) is 3.32. The summed E-state index contributed by atoms with van der Waals surface area (Å²) in [5.41, 5.74) is 2.02.